The number of aliphatic hydroxyl groups is 3. The summed E-state index contributed by atoms with van der Waals surface area (Å²) in [6.45, 7) is 8.28. The Hall–Kier alpha value is -1.38. The second-order valence-electron chi connectivity index (χ2n) is 14.5. The minimum atomic E-state index is -2.85. The molecule has 1 heterocycles. The fraction of sp³-hybridized carbons (Fsp3) is 0.844. The first kappa shape index (κ1) is 30.1. The first-order valence-electron chi connectivity index (χ1n) is 15.3. The number of fused-ring (bicyclic) bond motifs is 5. The van der Waals surface area contributed by atoms with Gasteiger partial charge in [-0.3, -0.25) is 0 Å². The summed E-state index contributed by atoms with van der Waals surface area (Å²) in [5.74, 6) is -4.18. The number of aliphatic hydroxyl groups excluding tert-OH is 2. The van der Waals surface area contributed by atoms with E-state index in [2.05, 4.69) is 25.8 Å². The van der Waals surface area contributed by atoms with Crippen LogP contribution in [0.5, 0.6) is 5.88 Å². The average molecular weight is 568 g/mol. The van der Waals surface area contributed by atoms with Crippen LogP contribution in [-0.2, 0) is 5.60 Å². The van der Waals surface area contributed by atoms with Crippen molar-refractivity contribution in [1.82, 2.24) is 4.98 Å². The SMILES string of the molecule is COc1nc(F)ccc1C(C)(O)CCC[C@@H](C)[C@H]1CC[C@H]2[C@H]3[C@H](CC[C@]12C)[C@@]1(C)CC[C@H](O)[C@H](O)[C@@H]1CC3(F)F. The fourth-order valence-electron chi connectivity index (χ4n) is 10.2. The minimum absolute atomic E-state index is 0.0480. The average Bonchev–Trinajstić information content (AvgIpc) is 3.24. The van der Waals surface area contributed by atoms with E-state index in [0.717, 1.165) is 38.5 Å². The van der Waals surface area contributed by atoms with Crippen molar-refractivity contribution in [3.63, 3.8) is 0 Å². The first-order valence-corrected chi connectivity index (χ1v) is 15.3. The highest BCUT2D eigenvalue weighted by atomic mass is 19.3. The molecule has 8 heteroatoms. The molecule has 40 heavy (non-hydrogen) atoms. The van der Waals surface area contributed by atoms with Crippen molar-refractivity contribution in [2.24, 2.45) is 46.3 Å². The number of rotatable bonds is 7. The maximum atomic E-state index is 16.0. The number of halogens is 3. The molecule has 0 aromatic carbocycles. The molecule has 4 aliphatic carbocycles. The third kappa shape index (κ3) is 4.78. The summed E-state index contributed by atoms with van der Waals surface area (Å²) >= 11 is 0. The highest BCUT2D eigenvalue weighted by Gasteiger charge is 2.69. The van der Waals surface area contributed by atoms with Gasteiger partial charge in [-0.2, -0.15) is 9.37 Å². The summed E-state index contributed by atoms with van der Waals surface area (Å²) in [4.78, 5) is 3.76. The Labute approximate surface area is 236 Å². The highest BCUT2D eigenvalue weighted by molar-refractivity contribution is 5.31. The topological polar surface area (TPSA) is 82.8 Å². The lowest BCUT2D eigenvalue weighted by Crippen LogP contribution is -2.64. The zero-order chi connectivity index (χ0) is 29.3. The summed E-state index contributed by atoms with van der Waals surface area (Å²) in [7, 11) is 1.41. The molecule has 3 N–H and O–H groups in total. The maximum Gasteiger partial charge on any atom is 0.251 e. The molecule has 11 atom stereocenters. The Morgan fingerprint density at radius 2 is 1.73 bits per heavy atom. The van der Waals surface area contributed by atoms with Crippen LogP contribution >= 0.6 is 0 Å². The number of alkyl halides is 2. The molecule has 1 unspecified atom stereocenters. The second-order valence-corrected chi connectivity index (χ2v) is 14.5. The van der Waals surface area contributed by atoms with Crippen molar-refractivity contribution in [3.8, 4) is 5.88 Å². The Morgan fingerprint density at radius 3 is 2.42 bits per heavy atom. The molecule has 0 amide bonds. The molecule has 0 saturated heterocycles. The third-order valence-electron chi connectivity index (χ3n) is 12.4. The number of ether oxygens (including phenoxy) is 1. The minimum Gasteiger partial charge on any atom is -0.481 e. The van der Waals surface area contributed by atoms with Crippen molar-refractivity contribution in [2.75, 3.05) is 7.11 Å². The molecule has 0 aliphatic heterocycles. The molecular weight excluding hydrogens is 519 g/mol. The molecule has 226 valence electrons. The lowest BCUT2D eigenvalue weighted by molar-refractivity contribution is -0.258. The van der Waals surface area contributed by atoms with Crippen LogP contribution in [0.15, 0.2) is 12.1 Å². The molecule has 5 nitrogen and oxygen atoms in total. The first-order chi connectivity index (χ1) is 18.7. The predicted octanol–water partition coefficient (Wildman–Crippen LogP) is 6.48. The Bertz CT molecular complexity index is 1080. The van der Waals surface area contributed by atoms with Crippen LogP contribution in [0.2, 0.25) is 0 Å². The van der Waals surface area contributed by atoms with Crippen molar-refractivity contribution in [3.05, 3.63) is 23.6 Å². The van der Waals surface area contributed by atoms with Gasteiger partial charge in [-0.05, 0) is 111 Å². The van der Waals surface area contributed by atoms with Gasteiger partial charge in [0.25, 0.3) is 5.92 Å². The molecule has 4 fully saturated rings. The van der Waals surface area contributed by atoms with Crippen LogP contribution in [0.25, 0.3) is 0 Å². The number of nitrogens with zero attached hydrogens (tertiary/aromatic N) is 1. The molecule has 0 radical (unpaired) electrons. The predicted molar refractivity (Wildman–Crippen MR) is 146 cm³/mol. The smallest absolute Gasteiger partial charge is 0.251 e. The lowest BCUT2D eigenvalue weighted by atomic mass is 9.43. The Balaban J connectivity index is 1.28. The molecular formula is C32H48F3NO4. The van der Waals surface area contributed by atoms with Gasteiger partial charge in [-0.1, -0.05) is 27.2 Å². The second kappa shape index (κ2) is 10.4. The summed E-state index contributed by atoms with van der Waals surface area (Å²) in [6, 6.07) is 2.75. The number of hydrogen-bond donors (Lipinski definition) is 3. The highest BCUT2D eigenvalue weighted by Crippen LogP contribution is 2.71. The van der Waals surface area contributed by atoms with E-state index in [1.54, 1.807) is 6.92 Å². The van der Waals surface area contributed by atoms with Gasteiger partial charge in [0.2, 0.25) is 11.8 Å². The van der Waals surface area contributed by atoms with Crippen molar-refractivity contribution in [1.29, 1.82) is 0 Å². The fourth-order valence-corrected chi connectivity index (χ4v) is 10.2. The molecule has 4 aliphatic rings. The van der Waals surface area contributed by atoms with Crippen LogP contribution < -0.4 is 4.74 Å². The van der Waals surface area contributed by atoms with Crippen molar-refractivity contribution < 1.29 is 33.2 Å². The Kier molecular flexibility index (Phi) is 7.83. The van der Waals surface area contributed by atoms with Crippen LogP contribution in [0.3, 0.4) is 0 Å². The normalized spacial score (nSPS) is 42.7. The van der Waals surface area contributed by atoms with E-state index in [-0.39, 0.29) is 35.0 Å². The van der Waals surface area contributed by atoms with Gasteiger partial charge in [0.05, 0.1) is 24.9 Å². The van der Waals surface area contributed by atoms with E-state index >= 15 is 8.78 Å². The molecule has 4 saturated carbocycles. The lowest BCUT2D eigenvalue weighted by Gasteiger charge is -2.63. The van der Waals surface area contributed by atoms with Gasteiger partial charge in [-0.25, -0.2) is 8.78 Å². The molecule has 5 rings (SSSR count). The largest absolute Gasteiger partial charge is 0.481 e. The standard InChI is InChI=1S/C32H48F3NO4/c1-18(7-6-14-31(4,39)22-10-11-25(33)36-28(22)40-5)19-8-9-20-26-21(12-15-29(19,20)2)30(3)16-13-24(37)27(38)23(30)17-32(26,34)35/h10-11,18-21,23-24,26-27,37-39H,6-9,12-17H2,1-5H3/t18-,19-,20+,21+,23+,24+,26+,27-,29-,30-,31?/m1/s1. The van der Waals surface area contributed by atoms with Crippen molar-refractivity contribution >= 4 is 0 Å². The number of methoxy groups -OCH3 is 1. The van der Waals surface area contributed by atoms with E-state index in [1.165, 1.54) is 19.2 Å². The number of aromatic nitrogens is 1. The van der Waals surface area contributed by atoms with Gasteiger partial charge in [0, 0.05) is 17.9 Å². The summed E-state index contributed by atoms with van der Waals surface area (Å²) in [5, 5.41) is 32.2. The molecule has 1 aromatic rings. The van der Waals surface area contributed by atoms with Crippen LogP contribution in [0, 0.1) is 52.3 Å². The maximum absolute atomic E-state index is 16.0. The van der Waals surface area contributed by atoms with Crippen LogP contribution in [-0.4, -0.2) is 45.5 Å². The van der Waals surface area contributed by atoms with Gasteiger partial charge < -0.3 is 20.1 Å². The molecule has 1 aromatic heterocycles. The van der Waals surface area contributed by atoms with Gasteiger partial charge in [0.15, 0.2) is 0 Å². The van der Waals surface area contributed by atoms with Gasteiger partial charge in [0.1, 0.15) is 0 Å². The third-order valence-corrected chi connectivity index (χ3v) is 12.4. The molecule has 0 spiro atoms. The summed E-state index contributed by atoms with van der Waals surface area (Å²) in [5.41, 5.74) is -1.29. The van der Waals surface area contributed by atoms with Gasteiger partial charge in [-0.15, -0.1) is 0 Å². The number of pyridine rings is 1. The van der Waals surface area contributed by atoms with E-state index < -0.39 is 41.5 Å². The van der Waals surface area contributed by atoms with E-state index in [0.29, 0.717) is 36.7 Å². The zero-order valence-electron chi connectivity index (χ0n) is 24.7. The molecule has 0 bridgehead atoms. The summed E-state index contributed by atoms with van der Waals surface area (Å²) in [6.07, 6.45) is 4.37. The zero-order valence-corrected chi connectivity index (χ0v) is 24.7. The number of hydrogen-bond acceptors (Lipinski definition) is 5. The Morgan fingerprint density at radius 1 is 1.05 bits per heavy atom. The van der Waals surface area contributed by atoms with Crippen LogP contribution in [0.4, 0.5) is 13.2 Å². The van der Waals surface area contributed by atoms with E-state index in [4.69, 9.17) is 4.74 Å². The monoisotopic (exact) mass is 567 g/mol. The van der Waals surface area contributed by atoms with E-state index in [9.17, 15) is 19.7 Å². The van der Waals surface area contributed by atoms with E-state index in [1.807, 2.05) is 0 Å². The quantitative estimate of drug-likeness (QED) is 0.329. The summed E-state index contributed by atoms with van der Waals surface area (Å²) < 4.78 is 50.9. The van der Waals surface area contributed by atoms with Gasteiger partial charge >= 0.3 is 0 Å². The van der Waals surface area contributed by atoms with Crippen molar-refractivity contribution in [2.45, 2.75) is 116 Å². The van der Waals surface area contributed by atoms with Crippen LogP contribution in [0.1, 0.15) is 97.5 Å².